The molecule has 0 radical (unpaired) electrons. The highest BCUT2D eigenvalue weighted by atomic mass is 16.5. The van der Waals surface area contributed by atoms with Crippen LogP contribution in [0.25, 0.3) is 0 Å². The molecule has 2 atom stereocenters. The molecular formula is C19H35NO4. The lowest BCUT2D eigenvalue weighted by molar-refractivity contribution is -0.153. The Balaban J connectivity index is 2.59. The van der Waals surface area contributed by atoms with E-state index in [-0.39, 0.29) is 18.3 Å². The van der Waals surface area contributed by atoms with Gasteiger partial charge in [0.25, 0.3) is 0 Å². The Morgan fingerprint density at radius 1 is 1.21 bits per heavy atom. The number of carbonyl (C=O) groups is 2. The summed E-state index contributed by atoms with van der Waals surface area (Å²) in [5, 5.41) is 12.3. The fraction of sp³-hybridized carbons (Fsp3) is 0.895. The average molecular weight is 341 g/mol. The molecule has 1 aliphatic rings. The van der Waals surface area contributed by atoms with Crippen molar-refractivity contribution in [1.29, 1.82) is 0 Å². The highest BCUT2D eigenvalue weighted by molar-refractivity contribution is 5.76. The number of carboxylic acid groups (broad SMARTS) is 1. The molecule has 1 saturated heterocycles. The van der Waals surface area contributed by atoms with E-state index in [1.54, 1.807) is 0 Å². The zero-order valence-corrected chi connectivity index (χ0v) is 15.8. The molecule has 0 aromatic heterocycles. The van der Waals surface area contributed by atoms with Gasteiger partial charge < -0.3 is 15.2 Å². The van der Waals surface area contributed by atoms with Crippen LogP contribution in [-0.4, -0.2) is 37.2 Å². The van der Waals surface area contributed by atoms with Crippen molar-refractivity contribution in [3.63, 3.8) is 0 Å². The van der Waals surface area contributed by atoms with E-state index in [0.29, 0.717) is 11.8 Å². The number of esters is 1. The molecule has 0 aromatic carbocycles. The van der Waals surface area contributed by atoms with Crippen LogP contribution in [0, 0.1) is 23.2 Å². The summed E-state index contributed by atoms with van der Waals surface area (Å²) in [7, 11) is 1.44. The Labute approximate surface area is 146 Å². The monoisotopic (exact) mass is 341 g/mol. The summed E-state index contributed by atoms with van der Waals surface area (Å²) in [5.74, 6) is 0.614. The van der Waals surface area contributed by atoms with Crippen LogP contribution in [0.2, 0.25) is 0 Å². The maximum Gasteiger partial charge on any atom is 0.311 e. The molecule has 5 heteroatoms. The van der Waals surface area contributed by atoms with Gasteiger partial charge in [-0.3, -0.25) is 9.59 Å². The van der Waals surface area contributed by atoms with Crippen molar-refractivity contribution >= 4 is 11.9 Å². The van der Waals surface area contributed by atoms with Gasteiger partial charge in [0.1, 0.15) is 0 Å². The van der Waals surface area contributed by atoms with Gasteiger partial charge in [-0.15, -0.1) is 0 Å². The Hall–Kier alpha value is -1.10. The maximum atomic E-state index is 12.0. The number of hydrogen-bond acceptors (Lipinski definition) is 4. The van der Waals surface area contributed by atoms with Gasteiger partial charge in [0, 0.05) is 6.42 Å². The molecule has 140 valence electrons. The second kappa shape index (κ2) is 10.0. The van der Waals surface area contributed by atoms with E-state index in [9.17, 15) is 9.59 Å². The second-order valence-corrected chi connectivity index (χ2v) is 7.83. The SMILES string of the molecule is COC(=O)C(C)(C)C(C)CCC(CCCC(=O)O)C1CCNCC1. The van der Waals surface area contributed by atoms with Gasteiger partial charge in [0.2, 0.25) is 0 Å². The van der Waals surface area contributed by atoms with Crippen molar-refractivity contribution in [2.24, 2.45) is 23.2 Å². The summed E-state index contributed by atoms with van der Waals surface area (Å²) in [6, 6.07) is 0. The van der Waals surface area contributed by atoms with Gasteiger partial charge >= 0.3 is 11.9 Å². The number of carbonyl (C=O) groups excluding carboxylic acids is 1. The first-order valence-electron chi connectivity index (χ1n) is 9.30. The van der Waals surface area contributed by atoms with Crippen molar-refractivity contribution in [2.45, 2.75) is 65.7 Å². The van der Waals surface area contributed by atoms with Gasteiger partial charge in [-0.05, 0) is 83.2 Å². The number of ether oxygens (including phenoxy) is 1. The van der Waals surface area contributed by atoms with E-state index in [4.69, 9.17) is 9.84 Å². The zero-order chi connectivity index (χ0) is 18.2. The van der Waals surface area contributed by atoms with Crippen LogP contribution in [-0.2, 0) is 14.3 Å². The van der Waals surface area contributed by atoms with Crippen LogP contribution >= 0.6 is 0 Å². The molecular weight excluding hydrogens is 306 g/mol. The number of methoxy groups -OCH3 is 1. The molecule has 1 fully saturated rings. The molecule has 0 saturated carbocycles. The van der Waals surface area contributed by atoms with Crippen LogP contribution < -0.4 is 5.32 Å². The van der Waals surface area contributed by atoms with Gasteiger partial charge in [0.05, 0.1) is 12.5 Å². The van der Waals surface area contributed by atoms with Crippen molar-refractivity contribution in [3.8, 4) is 0 Å². The normalized spacial score (nSPS) is 18.8. The maximum absolute atomic E-state index is 12.0. The second-order valence-electron chi connectivity index (χ2n) is 7.83. The fourth-order valence-corrected chi connectivity index (χ4v) is 3.74. The molecule has 0 amide bonds. The fourth-order valence-electron chi connectivity index (χ4n) is 3.74. The zero-order valence-electron chi connectivity index (χ0n) is 15.8. The van der Waals surface area contributed by atoms with E-state index >= 15 is 0 Å². The lowest BCUT2D eigenvalue weighted by Crippen LogP contribution is -2.34. The first kappa shape index (κ1) is 20.9. The van der Waals surface area contributed by atoms with Gasteiger partial charge in [-0.25, -0.2) is 0 Å². The quantitative estimate of drug-likeness (QED) is 0.595. The molecule has 2 N–H and O–H groups in total. The van der Waals surface area contributed by atoms with Crippen LogP contribution in [0.1, 0.15) is 65.7 Å². The van der Waals surface area contributed by atoms with Crippen LogP contribution in [0.3, 0.4) is 0 Å². The number of nitrogens with one attached hydrogen (secondary N) is 1. The summed E-state index contributed by atoms with van der Waals surface area (Å²) < 4.78 is 4.94. The predicted octanol–water partition coefficient (Wildman–Crippen LogP) is 3.47. The third-order valence-electron chi connectivity index (χ3n) is 5.93. The third kappa shape index (κ3) is 6.42. The van der Waals surface area contributed by atoms with E-state index in [0.717, 1.165) is 38.8 Å². The minimum atomic E-state index is -0.709. The molecule has 0 spiro atoms. The number of carboxylic acids is 1. The van der Waals surface area contributed by atoms with E-state index in [1.165, 1.54) is 20.0 Å². The van der Waals surface area contributed by atoms with Gasteiger partial charge in [-0.2, -0.15) is 0 Å². The average Bonchev–Trinajstić information content (AvgIpc) is 2.57. The van der Waals surface area contributed by atoms with Crippen LogP contribution in [0.4, 0.5) is 0 Å². The predicted molar refractivity (Wildman–Crippen MR) is 94.8 cm³/mol. The Morgan fingerprint density at radius 2 is 1.83 bits per heavy atom. The molecule has 0 aromatic rings. The van der Waals surface area contributed by atoms with Crippen molar-refractivity contribution in [2.75, 3.05) is 20.2 Å². The molecule has 1 heterocycles. The van der Waals surface area contributed by atoms with Gasteiger partial charge in [0.15, 0.2) is 0 Å². The molecule has 1 rings (SSSR count). The highest BCUT2D eigenvalue weighted by Crippen LogP contribution is 2.36. The molecule has 5 nitrogen and oxygen atoms in total. The van der Waals surface area contributed by atoms with E-state index in [1.807, 2.05) is 13.8 Å². The van der Waals surface area contributed by atoms with E-state index in [2.05, 4.69) is 12.2 Å². The smallest absolute Gasteiger partial charge is 0.311 e. The minimum Gasteiger partial charge on any atom is -0.481 e. The largest absolute Gasteiger partial charge is 0.481 e. The number of aliphatic carboxylic acids is 1. The lowest BCUT2D eigenvalue weighted by atomic mass is 9.73. The summed E-state index contributed by atoms with van der Waals surface area (Å²) in [4.78, 5) is 22.8. The molecule has 24 heavy (non-hydrogen) atoms. The van der Waals surface area contributed by atoms with Gasteiger partial charge in [-0.1, -0.05) is 6.92 Å². The summed E-state index contributed by atoms with van der Waals surface area (Å²) in [6.07, 6.45) is 6.36. The van der Waals surface area contributed by atoms with Crippen LogP contribution in [0.5, 0.6) is 0 Å². The number of rotatable bonds is 10. The lowest BCUT2D eigenvalue weighted by Gasteiger charge is -2.34. The molecule has 0 aliphatic carbocycles. The number of hydrogen-bond donors (Lipinski definition) is 2. The van der Waals surface area contributed by atoms with Crippen molar-refractivity contribution in [3.05, 3.63) is 0 Å². The topological polar surface area (TPSA) is 75.6 Å². The summed E-state index contributed by atoms with van der Waals surface area (Å²) in [6.45, 7) is 8.14. The highest BCUT2D eigenvalue weighted by Gasteiger charge is 2.35. The first-order valence-corrected chi connectivity index (χ1v) is 9.30. The van der Waals surface area contributed by atoms with E-state index < -0.39 is 11.4 Å². The summed E-state index contributed by atoms with van der Waals surface area (Å²) >= 11 is 0. The Kier molecular flexibility index (Phi) is 8.74. The van der Waals surface area contributed by atoms with Crippen LogP contribution in [0.15, 0.2) is 0 Å². The van der Waals surface area contributed by atoms with Crippen molar-refractivity contribution < 1.29 is 19.4 Å². The molecule has 2 unspecified atom stereocenters. The summed E-state index contributed by atoms with van der Waals surface area (Å²) in [5.41, 5.74) is -0.478. The van der Waals surface area contributed by atoms with Crippen molar-refractivity contribution in [1.82, 2.24) is 5.32 Å². The molecule has 1 aliphatic heterocycles. The standard InChI is InChI=1S/C19H35NO4/c1-14(19(2,3)18(23)24-4)8-9-15(6-5-7-17(21)22)16-10-12-20-13-11-16/h14-16,20H,5-13H2,1-4H3,(H,21,22). The minimum absolute atomic E-state index is 0.153. The number of piperidine rings is 1. The molecule has 0 bridgehead atoms. The Bertz CT molecular complexity index is 402. The third-order valence-corrected chi connectivity index (χ3v) is 5.93. The Morgan fingerprint density at radius 3 is 2.38 bits per heavy atom. The first-order chi connectivity index (χ1) is 11.3.